The van der Waals surface area contributed by atoms with Gasteiger partial charge in [0, 0.05) is 6.61 Å². The van der Waals surface area contributed by atoms with Gasteiger partial charge in [0.25, 0.3) is 0 Å². The van der Waals surface area contributed by atoms with Crippen molar-refractivity contribution < 1.29 is 23.1 Å². The Bertz CT molecular complexity index is 610. The van der Waals surface area contributed by atoms with Crippen molar-refractivity contribution in [3.63, 3.8) is 0 Å². The average Bonchev–Trinajstić information content (AvgIpc) is 2.83. The molecule has 1 heterocycles. The van der Waals surface area contributed by atoms with Crippen LogP contribution in [0, 0.1) is 0 Å². The van der Waals surface area contributed by atoms with Gasteiger partial charge < -0.3 is 9.84 Å². The van der Waals surface area contributed by atoms with Crippen LogP contribution in [-0.2, 0) is 14.8 Å². The highest BCUT2D eigenvalue weighted by Gasteiger charge is 2.24. The molecule has 2 N–H and O–H groups in total. The molecule has 20 heavy (non-hydrogen) atoms. The van der Waals surface area contributed by atoms with Crippen LogP contribution in [0.15, 0.2) is 22.7 Å². The highest BCUT2D eigenvalue weighted by Crippen LogP contribution is 2.28. The van der Waals surface area contributed by atoms with Crippen molar-refractivity contribution in [1.82, 2.24) is 0 Å². The molecule has 0 aromatic heterocycles. The molecular formula is C12H14BrNO5S. The van der Waals surface area contributed by atoms with Gasteiger partial charge in [-0.3, -0.25) is 4.72 Å². The predicted octanol–water partition coefficient (Wildman–Crippen LogP) is 2.07. The molecule has 0 saturated carbocycles. The summed E-state index contributed by atoms with van der Waals surface area (Å²) in [7, 11) is -3.58. The lowest BCUT2D eigenvalue weighted by molar-refractivity contribution is 0.0696. The van der Waals surface area contributed by atoms with Crippen molar-refractivity contribution in [2.24, 2.45) is 0 Å². The van der Waals surface area contributed by atoms with E-state index in [1.54, 1.807) is 0 Å². The number of rotatable bonds is 5. The van der Waals surface area contributed by atoms with E-state index in [2.05, 4.69) is 20.7 Å². The number of nitrogens with one attached hydrogen (secondary N) is 1. The molecule has 1 saturated heterocycles. The Kier molecular flexibility index (Phi) is 4.66. The van der Waals surface area contributed by atoms with Gasteiger partial charge in [-0.2, -0.15) is 0 Å². The van der Waals surface area contributed by atoms with E-state index in [0.29, 0.717) is 6.61 Å². The lowest BCUT2D eigenvalue weighted by atomic mass is 10.2. The Balaban J connectivity index is 2.16. The topological polar surface area (TPSA) is 92.7 Å². The first-order valence-corrected chi connectivity index (χ1v) is 8.47. The van der Waals surface area contributed by atoms with Gasteiger partial charge in [-0.15, -0.1) is 0 Å². The smallest absolute Gasteiger partial charge is 0.336 e. The van der Waals surface area contributed by atoms with E-state index in [0.717, 1.165) is 12.8 Å². The maximum Gasteiger partial charge on any atom is 0.336 e. The lowest BCUT2D eigenvalue weighted by Crippen LogP contribution is -2.26. The third kappa shape index (κ3) is 3.71. The molecule has 110 valence electrons. The average molecular weight is 364 g/mol. The van der Waals surface area contributed by atoms with Gasteiger partial charge >= 0.3 is 5.97 Å². The Morgan fingerprint density at radius 1 is 1.50 bits per heavy atom. The molecule has 0 spiro atoms. The summed E-state index contributed by atoms with van der Waals surface area (Å²) < 4.78 is 32.0. The number of hydrogen-bond donors (Lipinski definition) is 2. The SMILES string of the molecule is O=C(O)c1cccc(NS(=O)(=O)CC2CCCO2)c1Br. The monoisotopic (exact) mass is 363 g/mol. The van der Waals surface area contributed by atoms with Crippen molar-refractivity contribution in [2.75, 3.05) is 17.1 Å². The number of carbonyl (C=O) groups is 1. The van der Waals surface area contributed by atoms with Gasteiger partial charge in [0.1, 0.15) is 0 Å². The molecule has 1 fully saturated rings. The molecule has 0 aliphatic carbocycles. The quantitative estimate of drug-likeness (QED) is 0.835. The zero-order valence-electron chi connectivity index (χ0n) is 10.5. The summed E-state index contributed by atoms with van der Waals surface area (Å²) in [6.45, 7) is 0.582. The second kappa shape index (κ2) is 6.11. The molecule has 1 aromatic rings. The maximum absolute atomic E-state index is 12.0. The van der Waals surface area contributed by atoms with Gasteiger partial charge in [-0.25, -0.2) is 13.2 Å². The minimum Gasteiger partial charge on any atom is -0.478 e. The van der Waals surface area contributed by atoms with Crippen LogP contribution in [0.4, 0.5) is 5.69 Å². The van der Waals surface area contributed by atoms with Crippen LogP contribution in [-0.4, -0.2) is 38.0 Å². The number of aromatic carboxylic acids is 1. The molecule has 1 atom stereocenters. The van der Waals surface area contributed by atoms with Crippen molar-refractivity contribution in [3.8, 4) is 0 Å². The van der Waals surface area contributed by atoms with Crippen molar-refractivity contribution in [2.45, 2.75) is 18.9 Å². The van der Waals surface area contributed by atoms with Crippen molar-refractivity contribution in [1.29, 1.82) is 0 Å². The van der Waals surface area contributed by atoms with Crippen LogP contribution in [0.3, 0.4) is 0 Å². The van der Waals surface area contributed by atoms with Crippen LogP contribution in [0.2, 0.25) is 0 Å². The largest absolute Gasteiger partial charge is 0.478 e. The first-order chi connectivity index (χ1) is 9.39. The first kappa shape index (κ1) is 15.3. The third-order valence-electron chi connectivity index (χ3n) is 2.92. The Morgan fingerprint density at radius 3 is 2.85 bits per heavy atom. The molecular weight excluding hydrogens is 350 g/mol. The van der Waals surface area contributed by atoms with Crippen LogP contribution < -0.4 is 4.72 Å². The summed E-state index contributed by atoms with van der Waals surface area (Å²) in [6.07, 6.45) is 1.28. The number of carboxylic acid groups (broad SMARTS) is 1. The van der Waals surface area contributed by atoms with Crippen LogP contribution in [0.5, 0.6) is 0 Å². The standard InChI is InChI=1S/C12H14BrNO5S/c13-11-9(12(15)16)4-1-5-10(11)14-20(17,18)7-8-3-2-6-19-8/h1,4-5,8,14H,2-3,6-7H2,(H,15,16). The molecule has 8 heteroatoms. The van der Waals surface area contributed by atoms with Crippen molar-refractivity contribution >= 4 is 37.6 Å². The van der Waals surface area contributed by atoms with Gasteiger partial charge in [-0.1, -0.05) is 6.07 Å². The molecule has 1 unspecified atom stereocenters. The molecule has 2 rings (SSSR count). The molecule has 1 aromatic carbocycles. The van der Waals surface area contributed by atoms with Crippen LogP contribution in [0.1, 0.15) is 23.2 Å². The Hall–Kier alpha value is -1.12. The summed E-state index contributed by atoms with van der Waals surface area (Å²) >= 11 is 3.11. The fraction of sp³-hybridized carbons (Fsp3) is 0.417. The molecule has 1 aliphatic rings. The van der Waals surface area contributed by atoms with Gasteiger partial charge in [0.2, 0.25) is 10.0 Å². The molecule has 1 aliphatic heterocycles. The number of anilines is 1. The fourth-order valence-corrected chi connectivity index (χ4v) is 4.01. The van der Waals surface area contributed by atoms with E-state index < -0.39 is 16.0 Å². The number of hydrogen-bond acceptors (Lipinski definition) is 4. The summed E-state index contributed by atoms with van der Waals surface area (Å²) in [4.78, 5) is 11.0. The second-order valence-corrected chi connectivity index (χ2v) is 7.05. The molecule has 0 amide bonds. The van der Waals surface area contributed by atoms with Crippen molar-refractivity contribution in [3.05, 3.63) is 28.2 Å². The normalized spacial score (nSPS) is 18.9. The first-order valence-electron chi connectivity index (χ1n) is 6.03. The predicted molar refractivity (Wildman–Crippen MR) is 77.5 cm³/mol. The number of carboxylic acids is 1. The van der Waals surface area contributed by atoms with E-state index in [1.807, 2.05) is 0 Å². The maximum atomic E-state index is 12.0. The van der Waals surface area contributed by atoms with E-state index in [-0.39, 0.29) is 27.6 Å². The molecule has 0 bridgehead atoms. The minimum atomic E-state index is -3.58. The van der Waals surface area contributed by atoms with Gasteiger partial charge in [0.05, 0.1) is 27.6 Å². The number of sulfonamides is 1. The lowest BCUT2D eigenvalue weighted by Gasteiger charge is -2.13. The van der Waals surface area contributed by atoms with E-state index in [9.17, 15) is 13.2 Å². The third-order valence-corrected chi connectivity index (χ3v) is 5.12. The fourth-order valence-electron chi connectivity index (χ4n) is 2.01. The second-order valence-electron chi connectivity index (χ2n) is 4.49. The Morgan fingerprint density at radius 2 is 2.25 bits per heavy atom. The zero-order valence-corrected chi connectivity index (χ0v) is 12.9. The minimum absolute atomic E-state index is 0.00214. The summed E-state index contributed by atoms with van der Waals surface area (Å²) in [5.74, 6) is -1.26. The van der Waals surface area contributed by atoms with Gasteiger partial charge in [0.15, 0.2) is 0 Å². The number of benzene rings is 1. The summed E-state index contributed by atoms with van der Waals surface area (Å²) in [6, 6.07) is 4.38. The van der Waals surface area contributed by atoms with Crippen LogP contribution >= 0.6 is 15.9 Å². The molecule has 0 radical (unpaired) electrons. The van der Waals surface area contributed by atoms with Gasteiger partial charge in [-0.05, 0) is 40.9 Å². The highest BCUT2D eigenvalue weighted by molar-refractivity contribution is 9.10. The van der Waals surface area contributed by atoms with Crippen LogP contribution in [0.25, 0.3) is 0 Å². The van der Waals surface area contributed by atoms with E-state index in [4.69, 9.17) is 9.84 Å². The molecule has 6 nitrogen and oxygen atoms in total. The summed E-state index contributed by atoms with van der Waals surface area (Å²) in [5.41, 5.74) is 0.213. The van der Waals surface area contributed by atoms with E-state index in [1.165, 1.54) is 18.2 Å². The zero-order chi connectivity index (χ0) is 14.8. The summed E-state index contributed by atoms with van der Waals surface area (Å²) in [5, 5.41) is 8.99. The highest BCUT2D eigenvalue weighted by atomic mass is 79.9. The number of ether oxygens (including phenoxy) is 1. The Labute approximate surface area is 125 Å². The number of halogens is 1. The van der Waals surface area contributed by atoms with E-state index >= 15 is 0 Å².